The molecule has 6 heteroatoms. The number of amides is 1. The molecule has 1 amide bonds. The number of nitrogens with zero attached hydrogens (tertiary/aromatic N) is 1. The zero-order chi connectivity index (χ0) is 16.9. The largest absolute Gasteiger partial charge is 0.491 e. The van der Waals surface area contributed by atoms with Crippen molar-refractivity contribution in [3.63, 3.8) is 0 Å². The van der Waals surface area contributed by atoms with Crippen LogP contribution in [-0.4, -0.2) is 29.4 Å². The van der Waals surface area contributed by atoms with E-state index in [0.29, 0.717) is 18.1 Å². The van der Waals surface area contributed by atoms with Gasteiger partial charge in [-0.05, 0) is 6.07 Å². The van der Waals surface area contributed by atoms with Crippen LogP contribution in [0.2, 0.25) is 0 Å². The average Bonchev–Trinajstić information content (AvgIpc) is 3.01. The standard InChI is InChI=1S/C17H22N2O4/c1-17(2,3)15-10-13(19-23-15)16(21)18-11-12-6-4-5-7-14(12)22-9-8-20/h4-7,10,20H,8-9,11H2,1-3H3,(H,18,21). The predicted octanol–water partition coefficient (Wildman–Crippen LogP) is 2.27. The maximum absolute atomic E-state index is 12.2. The molecule has 2 N–H and O–H groups in total. The fourth-order valence-electron chi connectivity index (χ4n) is 1.95. The Labute approximate surface area is 135 Å². The first-order chi connectivity index (χ1) is 10.9. The molecule has 2 rings (SSSR count). The van der Waals surface area contributed by atoms with E-state index in [-0.39, 0.29) is 30.2 Å². The number of ether oxygens (including phenoxy) is 1. The molecule has 124 valence electrons. The Balaban J connectivity index is 2.01. The zero-order valence-electron chi connectivity index (χ0n) is 13.6. The Bertz CT molecular complexity index is 659. The van der Waals surface area contributed by atoms with Crippen LogP contribution in [0.25, 0.3) is 0 Å². The summed E-state index contributed by atoms with van der Waals surface area (Å²) >= 11 is 0. The Morgan fingerprint density at radius 3 is 2.74 bits per heavy atom. The molecule has 0 aliphatic rings. The number of aliphatic hydroxyl groups excluding tert-OH is 1. The topological polar surface area (TPSA) is 84.6 Å². The van der Waals surface area contributed by atoms with E-state index < -0.39 is 0 Å². The minimum atomic E-state index is -0.304. The van der Waals surface area contributed by atoms with Crippen molar-refractivity contribution < 1.29 is 19.2 Å². The SMILES string of the molecule is CC(C)(C)c1cc(C(=O)NCc2ccccc2OCCO)no1. The predicted molar refractivity (Wildman–Crippen MR) is 85.4 cm³/mol. The third-order valence-corrected chi connectivity index (χ3v) is 3.24. The summed E-state index contributed by atoms with van der Waals surface area (Å²) < 4.78 is 10.7. The van der Waals surface area contributed by atoms with Crippen LogP contribution in [0.15, 0.2) is 34.9 Å². The number of carbonyl (C=O) groups is 1. The van der Waals surface area contributed by atoms with Crippen LogP contribution in [0.1, 0.15) is 42.6 Å². The molecule has 0 bridgehead atoms. The molecule has 0 saturated carbocycles. The van der Waals surface area contributed by atoms with Gasteiger partial charge in [0.1, 0.15) is 18.1 Å². The minimum Gasteiger partial charge on any atom is -0.491 e. The van der Waals surface area contributed by atoms with Crippen molar-refractivity contribution in [3.8, 4) is 5.75 Å². The molecule has 0 aliphatic heterocycles. The number of aliphatic hydroxyl groups is 1. The molecular formula is C17H22N2O4. The Morgan fingerprint density at radius 1 is 1.35 bits per heavy atom. The maximum Gasteiger partial charge on any atom is 0.273 e. The molecule has 0 unspecified atom stereocenters. The smallest absolute Gasteiger partial charge is 0.273 e. The summed E-state index contributed by atoms with van der Waals surface area (Å²) in [5, 5.41) is 15.4. The molecule has 0 fully saturated rings. The number of hydrogen-bond acceptors (Lipinski definition) is 5. The van der Waals surface area contributed by atoms with Crippen molar-refractivity contribution in [1.82, 2.24) is 10.5 Å². The van der Waals surface area contributed by atoms with Crippen molar-refractivity contribution in [2.75, 3.05) is 13.2 Å². The zero-order valence-corrected chi connectivity index (χ0v) is 13.6. The molecule has 2 aromatic rings. The van der Waals surface area contributed by atoms with Crippen molar-refractivity contribution in [2.45, 2.75) is 32.7 Å². The first-order valence-corrected chi connectivity index (χ1v) is 7.49. The molecule has 1 heterocycles. The maximum atomic E-state index is 12.2. The van der Waals surface area contributed by atoms with E-state index >= 15 is 0 Å². The number of nitrogens with one attached hydrogen (secondary N) is 1. The lowest BCUT2D eigenvalue weighted by molar-refractivity contribution is 0.0941. The summed E-state index contributed by atoms with van der Waals surface area (Å²) in [5.74, 6) is 0.993. The number of aromatic nitrogens is 1. The molecule has 0 aliphatic carbocycles. The molecule has 1 aromatic heterocycles. The molecule has 0 radical (unpaired) electrons. The third kappa shape index (κ3) is 4.56. The molecule has 1 aromatic carbocycles. The van der Waals surface area contributed by atoms with E-state index in [1.807, 2.05) is 39.0 Å². The number of rotatable bonds is 6. The van der Waals surface area contributed by atoms with Crippen LogP contribution in [0.3, 0.4) is 0 Å². The highest BCUT2D eigenvalue weighted by atomic mass is 16.5. The lowest BCUT2D eigenvalue weighted by atomic mass is 9.93. The van der Waals surface area contributed by atoms with Gasteiger partial charge in [0.05, 0.1) is 6.61 Å². The summed E-state index contributed by atoms with van der Waals surface area (Å²) in [7, 11) is 0. The van der Waals surface area contributed by atoms with Gasteiger partial charge in [0.25, 0.3) is 5.91 Å². The average molecular weight is 318 g/mol. The van der Waals surface area contributed by atoms with Crippen molar-refractivity contribution in [3.05, 3.63) is 47.3 Å². The quantitative estimate of drug-likeness (QED) is 0.853. The molecule has 0 atom stereocenters. The lowest BCUT2D eigenvalue weighted by Gasteiger charge is -2.12. The third-order valence-electron chi connectivity index (χ3n) is 3.24. The highest BCUT2D eigenvalue weighted by Gasteiger charge is 2.22. The van der Waals surface area contributed by atoms with Crippen LogP contribution in [-0.2, 0) is 12.0 Å². The van der Waals surface area contributed by atoms with Crippen LogP contribution in [0, 0.1) is 0 Å². The molecular weight excluding hydrogens is 296 g/mol. The summed E-state index contributed by atoms with van der Waals surface area (Å²) in [6.45, 7) is 6.42. The van der Waals surface area contributed by atoms with E-state index in [1.165, 1.54) is 0 Å². The van der Waals surface area contributed by atoms with Crippen LogP contribution < -0.4 is 10.1 Å². The van der Waals surface area contributed by atoms with Gasteiger partial charge in [0, 0.05) is 23.6 Å². The van der Waals surface area contributed by atoms with Crippen molar-refractivity contribution in [1.29, 1.82) is 0 Å². The number of benzene rings is 1. The molecule has 6 nitrogen and oxygen atoms in total. The highest BCUT2D eigenvalue weighted by molar-refractivity contribution is 5.92. The van der Waals surface area contributed by atoms with Gasteiger partial charge < -0.3 is 19.7 Å². The van der Waals surface area contributed by atoms with Crippen molar-refractivity contribution >= 4 is 5.91 Å². The molecule has 0 spiro atoms. The first-order valence-electron chi connectivity index (χ1n) is 7.49. The van der Waals surface area contributed by atoms with Gasteiger partial charge in [-0.15, -0.1) is 0 Å². The van der Waals surface area contributed by atoms with E-state index in [9.17, 15) is 4.79 Å². The van der Waals surface area contributed by atoms with E-state index in [4.69, 9.17) is 14.4 Å². The second-order valence-corrected chi connectivity index (χ2v) is 6.19. The Kier molecular flexibility index (Phi) is 5.39. The van der Waals surface area contributed by atoms with Crippen LogP contribution >= 0.6 is 0 Å². The van der Waals surface area contributed by atoms with Gasteiger partial charge in [0.15, 0.2) is 5.69 Å². The lowest BCUT2D eigenvalue weighted by Crippen LogP contribution is -2.23. The number of carbonyl (C=O) groups excluding carboxylic acids is 1. The fourth-order valence-corrected chi connectivity index (χ4v) is 1.95. The van der Waals surface area contributed by atoms with Gasteiger partial charge >= 0.3 is 0 Å². The van der Waals surface area contributed by atoms with Crippen molar-refractivity contribution in [2.24, 2.45) is 0 Å². The molecule has 0 saturated heterocycles. The molecule has 23 heavy (non-hydrogen) atoms. The van der Waals surface area contributed by atoms with Gasteiger partial charge in [-0.1, -0.05) is 44.1 Å². The minimum absolute atomic E-state index is 0.0603. The summed E-state index contributed by atoms with van der Waals surface area (Å²) in [6.07, 6.45) is 0. The Hall–Kier alpha value is -2.34. The Morgan fingerprint density at radius 2 is 2.09 bits per heavy atom. The summed E-state index contributed by atoms with van der Waals surface area (Å²) in [4.78, 5) is 12.2. The highest BCUT2D eigenvalue weighted by Crippen LogP contribution is 2.23. The van der Waals surface area contributed by atoms with Gasteiger partial charge in [-0.2, -0.15) is 0 Å². The van der Waals surface area contributed by atoms with E-state index in [0.717, 1.165) is 5.56 Å². The normalized spacial score (nSPS) is 11.3. The number of para-hydroxylation sites is 1. The van der Waals surface area contributed by atoms with Crippen LogP contribution in [0.4, 0.5) is 0 Å². The second kappa shape index (κ2) is 7.28. The number of hydrogen-bond donors (Lipinski definition) is 2. The van der Waals surface area contributed by atoms with Gasteiger partial charge in [0.2, 0.25) is 0 Å². The van der Waals surface area contributed by atoms with E-state index in [2.05, 4.69) is 10.5 Å². The van der Waals surface area contributed by atoms with Gasteiger partial charge in [-0.3, -0.25) is 4.79 Å². The fraction of sp³-hybridized carbons (Fsp3) is 0.412. The monoisotopic (exact) mass is 318 g/mol. The van der Waals surface area contributed by atoms with Gasteiger partial charge in [-0.25, -0.2) is 0 Å². The summed E-state index contributed by atoms with van der Waals surface area (Å²) in [6, 6.07) is 9.01. The van der Waals surface area contributed by atoms with Crippen LogP contribution in [0.5, 0.6) is 5.75 Å². The first kappa shape index (κ1) is 17.0. The second-order valence-electron chi connectivity index (χ2n) is 6.19. The summed E-state index contributed by atoms with van der Waals surface area (Å²) in [5.41, 5.74) is 0.883. The van der Waals surface area contributed by atoms with E-state index in [1.54, 1.807) is 12.1 Å².